The molecule has 3 aromatic carbocycles. The van der Waals surface area contributed by atoms with Gasteiger partial charge in [0.2, 0.25) is 0 Å². The number of amides is 1. The van der Waals surface area contributed by atoms with Crippen LogP contribution in [0.5, 0.6) is 0 Å². The van der Waals surface area contributed by atoms with Crippen molar-refractivity contribution in [2.45, 2.75) is 19.8 Å². The van der Waals surface area contributed by atoms with Crippen molar-refractivity contribution in [1.29, 1.82) is 5.26 Å². The number of hydrogen-bond acceptors (Lipinski definition) is 2. The van der Waals surface area contributed by atoms with Crippen LogP contribution in [0.2, 0.25) is 0 Å². The Bertz CT molecular complexity index is 1130. The molecule has 1 amide bonds. The van der Waals surface area contributed by atoms with E-state index >= 15 is 0 Å². The Labute approximate surface area is 184 Å². The largest absolute Gasteiger partial charge is 0.321 e. The van der Waals surface area contributed by atoms with Crippen LogP contribution in [-0.4, -0.2) is 5.91 Å². The SMILES string of the molecule is CCc1ccc(NC(=O)/C(C#N)=C/c2ccc(Cc3ccccc3F)c(Br)c2)cc1. The minimum Gasteiger partial charge on any atom is -0.321 e. The molecule has 3 nitrogen and oxygen atoms in total. The highest BCUT2D eigenvalue weighted by atomic mass is 79.9. The van der Waals surface area contributed by atoms with Crippen molar-refractivity contribution in [2.24, 2.45) is 0 Å². The summed E-state index contributed by atoms with van der Waals surface area (Å²) in [5.74, 6) is -0.711. The monoisotopic (exact) mass is 462 g/mol. The molecule has 0 aliphatic carbocycles. The van der Waals surface area contributed by atoms with E-state index in [4.69, 9.17) is 0 Å². The van der Waals surface area contributed by atoms with E-state index in [-0.39, 0.29) is 11.4 Å². The van der Waals surface area contributed by atoms with Gasteiger partial charge in [0.15, 0.2) is 0 Å². The van der Waals surface area contributed by atoms with Gasteiger partial charge in [0.05, 0.1) is 0 Å². The number of benzene rings is 3. The molecule has 0 fully saturated rings. The van der Waals surface area contributed by atoms with E-state index in [1.807, 2.05) is 48.5 Å². The lowest BCUT2D eigenvalue weighted by Gasteiger charge is -2.08. The van der Waals surface area contributed by atoms with Crippen molar-refractivity contribution >= 4 is 33.6 Å². The van der Waals surface area contributed by atoms with Crippen LogP contribution >= 0.6 is 15.9 Å². The summed E-state index contributed by atoms with van der Waals surface area (Å²) < 4.78 is 14.7. The fraction of sp³-hybridized carbons (Fsp3) is 0.120. The molecule has 0 spiro atoms. The summed E-state index contributed by atoms with van der Waals surface area (Å²) in [7, 11) is 0. The molecule has 0 bridgehead atoms. The normalized spacial score (nSPS) is 11.1. The zero-order chi connectivity index (χ0) is 21.5. The lowest BCUT2D eigenvalue weighted by Crippen LogP contribution is -2.13. The average Bonchev–Trinajstić information content (AvgIpc) is 2.75. The zero-order valence-electron chi connectivity index (χ0n) is 16.5. The van der Waals surface area contributed by atoms with Crippen LogP contribution in [0, 0.1) is 17.1 Å². The highest BCUT2D eigenvalue weighted by Gasteiger charge is 2.11. The van der Waals surface area contributed by atoms with Gasteiger partial charge in [-0.1, -0.05) is 65.3 Å². The Morgan fingerprint density at radius 2 is 1.83 bits per heavy atom. The van der Waals surface area contributed by atoms with Gasteiger partial charge in [-0.2, -0.15) is 5.26 Å². The molecule has 0 radical (unpaired) electrons. The number of nitrogens with zero attached hydrogens (tertiary/aromatic N) is 1. The lowest BCUT2D eigenvalue weighted by molar-refractivity contribution is -0.112. The predicted molar refractivity (Wildman–Crippen MR) is 121 cm³/mol. The third-order valence-corrected chi connectivity index (χ3v) is 5.45. The number of carbonyl (C=O) groups is 1. The number of anilines is 1. The molecule has 0 saturated heterocycles. The molecule has 3 aromatic rings. The van der Waals surface area contributed by atoms with E-state index < -0.39 is 5.91 Å². The molecular weight excluding hydrogens is 443 g/mol. The van der Waals surface area contributed by atoms with Gasteiger partial charge in [0.25, 0.3) is 5.91 Å². The Hall–Kier alpha value is -3.23. The molecule has 1 N–H and O–H groups in total. The maximum atomic E-state index is 13.9. The summed E-state index contributed by atoms with van der Waals surface area (Å²) in [5, 5.41) is 12.2. The first-order chi connectivity index (χ1) is 14.5. The Balaban J connectivity index is 1.76. The first-order valence-electron chi connectivity index (χ1n) is 9.54. The van der Waals surface area contributed by atoms with E-state index in [1.165, 1.54) is 17.7 Å². The molecule has 3 rings (SSSR count). The van der Waals surface area contributed by atoms with Crippen LogP contribution in [0.3, 0.4) is 0 Å². The fourth-order valence-corrected chi connectivity index (χ4v) is 3.52. The molecule has 150 valence electrons. The second kappa shape index (κ2) is 10.00. The quantitative estimate of drug-likeness (QED) is 0.345. The van der Waals surface area contributed by atoms with Gasteiger partial charge < -0.3 is 5.32 Å². The zero-order valence-corrected chi connectivity index (χ0v) is 18.0. The summed E-state index contributed by atoms with van der Waals surface area (Å²) >= 11 is 3.51. The second-order valence-corrected chi connectivity index (χ2v) is 7.65. The van der Waals surface area contributed by atoms with E-state index in [0.29, 0.717) is 23.2 Å². The molecule has 0 aliphatic rings. The maximum absolute atomic E-state index is 13.9. The van der Waals surface area contributed by atoms with Crippen molar-refractivity contribution in [1.82, 2.24) is 0 Å². The molecule has 0 unspecified atom stereocenters. The molecule has 5 heteroatoms. The van der Waals surface area contributed by atoms with E-state index in [2.05, 4.69) is 28.2 Å². The number of nitrogens with one attached hydrogen (secondary N) is 1. The molecule has 30 heavy (non-hydrogen) atoms. The van der Waals surface area contributed by atoms with Crippen molar-refractivity contribution < 1.29 is 9.18 Å². The highest BCUT2D eigenvalue weighted by molar-refractivity contribution is 9.10. The third kappa shape index (κ3) is 5.43. The number of halogens is 2. The van der Waals surface area contributed by atoms with Crippen LogP contribution in [0.25, 0.3) is 6.08 Å². The molecule has 0 atom stereocenters. The standard InChI is InChI=1S/C25H20BrFN2O/c1-2-17-8-11-22(12-9-17)29-25(30)21(16-28)13-18-7-10-19(23(26)14-18)15-20-5-3-4-6-24(20)27/h3-14H,2,15H2,1H3,(H,29,30)/b21-13+. The number of carbonyl (C=O) groups excluding carboxylic acids is 1. The van der Waals surface area contributed by atoms with Gasteiger partial charge in [-0.25, -0.2) is 4.39 Å². The van der Waals surface area contributed by atoms with Crippen molar-refractivity contribution in [3.8, 4) is 6.07 Å². The minimum absolute atomic E-state index is 0.00308. The van der Waals surface area contributed by atoms with Gasteiger partial charge in [-0.3, -0.25) is 4.79 Å². The molecule has 0 aliphatic heterocycles. The topological polar surface area (TPSA) is 52.9 Å². The van der Waals surface area contributed by atoms with E-state index in [1.54, 1.807) is 18.2 Å². The van der Waals surface area contributed by atoms with E-state index in [0.717, 1.165) is 16.5 Å². The Morgan fingerprint density at radius 3 is 2.47 bits per heavy atom. The predicted octanol–water partition coefficient (Wildman–Crippen LogP) is 6.29. The van der Waals surface area contributed by atoms with Gasteiger partial charge in [0, 0.05) is 16.6 Å². The summed E-state index contributed by atoms with van der Waals surface area (Å²) in [6, 6.07) is 21.6. The smallest absolute Gasteiger partial charge is 0.266 e. The Kier molecular flexibility index (Phi) is 7.16. The average molecular weight is 463 g/mol. The van der Waals surface area contributed by atoms with Crippen LogP contribution < -0.4 is 5.32 Å². The van der Waals surface area contributed by atoms with Crippen LogP contribution in [0.4, 0.5) is 10.1 Å². The highest BCUT2D eigenvalue weighted by Crippen LogP contribution is 2.24. The summed E-state index contributed by atoms with van der Waals surface area (Å²) in [5.41, 5.74) is 4.03. The lowest BCUT2D eigenvalue weighted by atomic mass is 10.0. The van der Waals surface area contributed by atoms with Crippen molar-refractivity contribution in [3.63, 3.8) is 0 Å². The van der Waals surface area contributed by atoms with E-state index in [9.17, 15) is 14.4 Å². The van der Waals surface area contributed by atoms with Gasteiger partial charge in [0.1, 0.15) is 17.5 Å². The molecule has 0 heterocycles. The Morgan fingerprint density at radius 1 is 1.10 bits per heavy atom. The summed E-state index contributed by atoms with van der Waals surface area (Å²) in [6.07, 6.45) is 2.89. The fourth-order valence-electron chi connectivity index (χ4n) is 2.98. The first-order valence-corrected chi connectivity index (χ1v) is 10.3. The second-order valence-electron chi connectivity index (χ2n) is 6.79. The molecular formula is C25H20BrFN2O. The first kappa shape index (κ1) is 21.5. The third-order valence-electron chi connectivity index (χ3n) is 4.71. The number of rotatable bonds is 6. The summed E-state index contributed by atoms with van der Waals surface area (Å²) in [6.45, 7) is 2.06. The van der Waals surface area contributed by atoms with Crippen molar-refractivity contribution in [3.05, 3.63) is 105 Å². The molecule has 0 saturated carbocycles. The van der Waals surface area contributed by atoms with Crippen LogP contribution in [-0.2, 0) is 17.6 Å². The van der Waals surface area contributed by atoms with Gasteiger partial charge in [-0.15, -0.1) is 0 Å². The van der Waals surface area contributed by atoms with Gasteiger partial charge >= 0.3 is 0 Å². The number of hydrogen-bond donors (Lipinski definition) is 1. The van der Waals surface area contributed by atoms with Crippen LogP contribution in [0.15, 0.2) is 76.8 Å². The summed E-state index contributed by atoms with van der Waals surface area (Å²) in [4.78, 5) is 12.5. The minimum atomic E-state index is -0.465. The molecule has 0 aromatic heterocycles. The van der Waals surface area contributed by atoms with Gasteiger partial charge in [-0.05, 0) is 59.0 Å². The maximum Gasteiger partial charge on any atom is 0.266 e. The number of aryl methyl sites for hydroxylation is 1. The number of nitriles is 1. The van der Waals surface area contributed by atoms with Crippen LogP contribution in [0.1, 0.15) is 29.2 Å². The van der Waals surface area contributed by atoms with Crippen molar-refractivity contribution in [2.75, 3.05) is 5.32 Å².